The van der Waals surface area contributed by atoms with Gasteiger partial charge in [-0.15, -0.1) is 0 Å². The van der Waals surface area contributed by atoms with Crippen LogP contribution in [0.5, 0.6) is 11.5 Å². The molecule has 2 aliphatic heterocycles. The zero-order chi connectivity index (χ0) is 25.0. The quantitative estimate of drug-likeness (QED) is 0.381. The molecule has 0 radical (unpaired) electrons. The molecule has 1 unspecified atom stereocenters. The van der Waals surface area contributed by atoms with Gasteiger partial charge in [0.2, 0.25) is 5.91 Å². The Morgan fingerprint density at radius 3 is 2.56 bits per heavy atom. The number of fused-ring (bicyclic) bond motifs is 2. The summed E-state index contributed by atoms with van der Waals surface area (Å²) in [7, 11) is 2.91. The van der Waals surface area contributed by atoms with E-state index in [0.29, 0.717) is 5.75 Å². The largest absolute Gasteiger partial charge is 0.497 e. The Kier molecular flexibility index (Phi) is 8.19. The minimum absolute atomic E-state index is 0.0341. The van der Waals surface area contributed by atoms with Gasteiger partial charge in [0.15, 0.2) is 12.6 Å². The number of carbonyl (C=O) groups is 2. The van der Waals surface area contributed by atoms with Crippen LogP contribution >= 0.6 is 0 Å². The Bertz CT molecular complexity index is 929. The Labute approximate surface area is 199 Å². The first-order chi connectivity index (χ1) is 16.0. The van der Waals surface area contributed by atoms with Gasteiger partial charge in [-0.05, 0) is 20.8 Å². The summed E-state index contributed by atoms with van der Waals surface area (Å²) in [6.45, 7) is 6.92. The summed E-state index contributed by atoms with van der Waals surface area (Å²) in [6.07, 6.45) is 0.170. The number of esters is 1. The number of aliphatic hydroxyl groups is 1. The zero-order valence-electron chi connectivity index (χ0n) is 20.3. The zero-order valence-corrected chi connectivity index (χ0v) is 20.3. The van der Waals surface area contributed by atoms with E-state index >= 15 is 0 Å². The van der Waals surface area contributed by atoms with Crippen LogP contribution in [0, 0.1) is 5.92 Å². The van der Waals surface area contributed by atoms with Gasteiger partial charge in [0.25, 0.3) is 0 Å². The number of methoxy groups -OCH3 is 2. The van der Waals surface area contributed by atoms with E-state index in [1.54, 1.807) is 32.9 Å². The highest BCUT2D eigenvalue weighted by Gasteiger charge is 2.45. The number of nitrogens with one attached hydrogen (secondary N) is 1. The fraction of sp³-hybridized carbons (Fsp3) is 0.583. The lowest BCUT2D eigenvalue weighted by Gasteiger charge is -2.24. The molecule has 3 rings (SSSR count). The standard InChI is InChI=1S/C24H33NO9/c1-13-7-8-17(26)22-19(33-24(3,4)34-22)11-20(27)25-16-9-15(30-6)10-18(31-12-29-5)21(16)23(28)32-14(13)2/h7-10,13-14,17,19,22,26H,11-12H2,1-6H3,(H,25,27)/b8-7-/t13-,14+,17?,19-,22-/m1/s1. The first-order valence-electron chi connectivity index (χ1n) is 11.1. The molecule has 1 aromatic carbocycles. The first-order valence-corrected chi connectivity index (χ1v) is 11.1. The first kappa shape index (κ1) is 26.0. The van der Waals surface area contributed by atoms with Crippen LogP contribution < -0.4 is 14.8 Å². The van der Waals surface area contributed by atoms with Crippen molar-refractivity contribution in [2.45, 2.75) is 64.3 Å². The molecule has 2 N–H and O–H groups in total. The highest BCUT2D eigenvalue weighted by Crippen LogP contribution is 2.36. The molecule has 188 valence electrons. The third-order valence-electron chi connectivity index (χ3n) is 5.71. The Morgan fingerprint density at radius 1 is 1.15 bits per heavy atom. The monoisotopic (exact) mass is 479 g/mol. The summed E-state index contributed by atoms with van der Waals surface area (Å²) < 4.78 is 33.4. The molecule has 2 aliphatic rings. The van der Waals surface area contributed by atoms with Gasteiger partial charge in [0.05, 0.1) is 25.3 Å². The Balaban J connectivity index is 2.05. The summed E-state index contributed by atoms with van der Waals surface area (Å²) in [5.41, 5.74) is 0.190. The van der Waals surface area contributed by atoms with E-state index < -0.39 is 42.1 Å². The Morgan fingerprint density at radius 2 is 1.88 bits per heavy atom. The van der Waals surface area contributed by atoms with E-state index in [1.807, 2.05) is 6.92 Å². The molecule has 10 heteroatoms. The number of hydrogen-bond acceptors (Lipinski definition) is 9. The lowest BCUT2D eigenvalue weighted by molar-refractivity contribution is -0.153. The molecule has 0 saturated carbocycles. The number of hydrogen-bond donors (Lipinski definition) is 2. The molecule has 1 saturated heterocycles. The average Bonchev–Trinajstić information content (AvgIpc) is 3.08. The minimum Gasteiger partial charge on any atom is -0.497 e. The van der Waals surface area contributed by atoms with Crippen molar-refractivity contribution in [3.05, 3.63) is 29.8 Å². The van der Waals surface area contributed by atoms with Gasteiger partial charge in [-0.1, -0.05) is 19.1 Å². The van der Waals surface area contributed by atoms with Gasteiger partial charge in [-0.2, -0.15) is 0 Å². The minimum atomic E-state index is -1.02. The van der Waals surface area contributed by atoms with E-state index in [1.165, 1.54) is 26.4 Å². The molecule has 2 heterocycles. The van der Waals surface area contributed by atoms with Gasteiger partial charge in [0.1, 0.15) is 35.4 Å². The van der Waals surface area contributed by atoms with Crippen LogP contribution in [0.15, 0.2) is 24.3 Å². The number of ether oxygens (including phenoxy) is 6. The molecule has 1 aromatic rings. The van der Waals surface area contributed by atoms with Crippen molar-refractivity contribution < 1.29 is 43.1 Å². The maximum Gasteiger partial charge on any atom is 0.344 e. The molecular formula is C24H33NO9. The summed E-state index contributed by atoms with van der Waals surface area (Å²) in [6, 6.07) is 3.03. The second-order valence-corrected chi connectivity index (χ2v) is 8.83. The van der Waals surface area contributed by atoms with Gasteiger partial charge >= 0.3 is 5.97 Å². The topological polar surface area (TPSA) is 122 Å². The third kappa shape index (κ3) is 6.06. The van der Waals surface area contributed by atoms with Crippen molar-refractivity contribution in [3.8, 4) is 11.5 Å². The molecule has 1 fully saturated rings. The van der Waals surface area contributed by atoms with Crippen LogP contribution in [0.1, 0.15) is 44.5 Å². The number of cyclic esters (lactones) is 1. The van der Waals surface area contributed by atoms with Crippen molar-refractivity contribution in [1.29, 1.82) is 0 Å². The molecule has 0 aliphatic carbocycles. The molecule has 5 atom stereocenters. The number of aliphatic hydroxyl groups excluding tert-OH is 1. The van der Waals surface area contributed by atoms with Crippen LogP contribution in [-0.2, 0) is 23.7 Å². The van der Waals surface area contributed by atoms with Crippen molar-refractivity contribution >= 4 is 17.6 Å². The molecular weight excluding hydrogens is 446 g/mol. The molecule has 0 aromatic heterocycles. The van der Waals surface area contributed by atoms with Gasteiger partial charge < -0.3 is 38.8 Å². The highest BCUT2D eigenvalue weighted by molar-refractivity contribution is 6.04. The number of rotatable bonds is 4. The lowest BCUT2D eigenvalue weighted by atomic mass is 10.00. The summed E-state index contributed by atoms with van der Waals surface area (Å²) in [5, 5.41) is 13.5. The van der Waals surface area contributed by atoms with Crippen molar-refractivity contribution in [3.63, 3.8) is 0 Å². The predicted molar refractivity (Wildman–Crippen MR) is 122 cm³/mol. The van der Waals surface area contributed by atoms with Crippen molar-refractivity contribution in [2.75, 3.05) is 26.3 Å². The van der Waals surface area contributed by atoms with Crippen LogP contribution in [0.25, 0.3) is 0 Å². The molecule has 10 nitrogen and oxygen atoms in total. The second kappa shape index (κ2) is 10.7. The van der Waals surface area contributed by atoms with E-state index in [-0.39, 0.29) is 36.1 Å². The highest BCUT2D eigenvalue weighted by atomic mass is 16.8. The molecule has 0 spiro atoms. The van der Waals surface area contributed by atoms with Crippen LogP contribution in [0.3, 0.4) is 0 Å². The third-order valence-corrected chi connectivity index (χ3v) is 5.71. The Hall–Kier alpha value is -2.66. The van der Waals surface area contributed by atoms with Crippen molar-refractivity contribution in [2.24, 2.45) is 5.92 Å². The van der Waals surface area contributed by atoms with Crippen LogP contribution in [0.4, 0.5) is 5.69 Å². The van der Waals surface area contributed by atoms with Gasteiger partial charge in [0, 0.05) is 25.2 Å². The number of carbonyl (C=O) groups excluding carboxylic acids is 2. The smallest absolute Gasteiger partial charge is 0.344 e. The van der Waals surface area contributed by atoms with E-state index in [4.69, 9.17) is 28.4 Å². The maximum absolute atomic E-state index is 13.2. The van der Waals surface area contributed by atoms with Gasteiger partial charge in [-0.3, -0.25) is 4.79 Å². The van der Waals surface area contributed by atoms with E-state index in [9.17, 15) is 14.7 Å². The summed E-state index contributed by atoms with van der Waals surface area (Å²) in [5.74, 6) is -1.84. The molecule has 1 amide bonds. The molecule has 0 bridgehead atoms. The summed E-state index contributed by atoms with van der Waals surface area (Å²) in [4.78, 5) is 26.2. The normalized spacial score (nSPS) is 30.3. The van der Waals surface area contributed by atoms with E-state index in [0.717, 1.165) is 0 Å². The number of anilines is 1. The lowest BCUT2D eigenvalue weighted by Crippen LogP contribution is -2.37. The second-order valence-electron chi connectivity index (χ2n) is 8.83. The van der Waals surface area contributed by atoms with Crippen LogP contribution in [-0.4, -0.2) is 68.2 Å². The SMILES string of the molecule is COCOc1cc(OC)cc2c1C(=O)O[C@@H](C)[C@H](C)/C=C\C(O)[C@H]1OC(C)(C)O[C@@H]1CC(=O)N2. The van der Waals surface area contributed by atoms with Crippen LogP contribution in [0.2, 0.25) is 0 Å². The summed E-state index contributed by atoms with van der Waals surface area (Å²) >= 11 is 0. The fourth-order valence-corrected chi connectivity index (χ4v) is 3.84. The maximum atomic E-state index is 13.2. The predicted octanol–water partition coefficient (Wildman–Crippen LogP) is 2.64. The molecule has 34 heavy (non-hydrogen) atoms. The van der Waals surface area contributed by atoms with Gasteiger partial charge in [-0.25, -0.2) is 4.79 Å². The van der Waals surface area contributed by atoms with Crippen molar-refractivity contribution in [1.82, 2.24) is 0 Å². The average molecular weight is 480 g/mol. The number of amides is 1. The number of benzene rings is 1. The fourth-order valence-electron chi connectivity index (χ4n) is 3.84. The van der Waals surface area contributed by atoms with E-state index in [2.05, 4.69) is 5.32 Å².